The fraction of sp³-hybridized carbons (Fsp3) is 0.450. The van der Waals surface area contributed by atoms with Crippen molar-refractivity contribution in [3.8, 4) is 0 Å². The molecule has 1 fully saturated rings. The monoisotopic (exact) mass is 419 g/mol. The Bertz CT molecular complexity index is 862. The molecule has 1 saturated heterocycles. The number of carboxylic acid groups (broad SMARTS) is 1. The molecule has 0 aliphatic carbocycles. The number of nitrogens with one attached hydrogen (secondary N) is 2. The number of rotatable bonds is 9. The van der Waals surface area contributed by atoms with Crippen LogP contribution < -0.4 is 10.6 Å². The molecule has 2 aliphatic heterocycles. The minimum Gasteiger partial charge on any atom is -0.478 e. The molecule has 162 valence electrons. The number of nitrogens with zero attached hydrogens (tertiary/aromatic N) is 1. The largest absolute Gasteiger partial charge is 0.478 e. The zero-order valence-corrected chi connectivity index (χ0v) is 16.6. The highest BCUT2D eigenvalue weighted by Gasteiger charge is 2.34. The first-order valence-corrected chi connectivity index (χ1v) is 9.66. The average Bonchev–Trinajstić information content (AvgIpc) is 3.36. The fourth-order valence-corrected chi connectivity index (χ4v) is 3.48. The third-order valence-corrected chi connectivity index (χ3v) is 5.02. The summed E-state index contributed by atoms with van der Waals surface area (Å²) >= 11 is 0. The van der Waals surface area contributed by atoms with Crippen molar-refractivity contribution in [1.29, 1.82) is 0 Å². The second-order valence-electron chi connectivity index (χ2n) is 7.00. The van der Waals surface area contributed by atoms with E-state index in [0.29, 0.717) is 24.5 Å². The summed E-state index contributed by atoms with van der Waals surface area (Å²) in [5.41, 5.74) is 0.923. The van der Waals surface area contributed by atoms with Crippen molar-refractivity contribution >= 4 is 29.2 Å². The molecule has 1 atom stereocenters. The summed E-state index contributed by atoms with van der Waals surface area (Å²) in [6, 6.07) is 4.61. The predicted octanol–water partition coefficient (Wildman–Crippen LogP) is 0.649. The molecule has 1 unspecified atom stereocenters. The van der Waals surface area contributed by atoms with Gasteiger partial charge in [0.2, 0.25) is 0 Å². The number of ether oxygens (including phenoxy) is 2. The lowest BCUT2D eigenvalue weighted by Gasteiger charge is -2.16. The highest BCUT2D eigenvalue weighted by atomic mass is 16.5. The van der Waals surface area contributed by atoms with Crippen LogP contribution in [0.4, 0.5) is 11.4 Å². The number of aromatic carboxylic acids is 1. The van der Waals surface area contributed by atoms with Crippen LogP contribution in [0.5, 0.6) is 0 Å². The van der Waals surface area contributed by atoms with Gasteiger partial charge in [-0.2, -0.15) is 0 Å². The summed E-state index contributed by atoms with van der Waals surface area (Å²) in [6.45, 7) is 1.03. The Morgan fingerprint density at radius 1 is 1.37 bits per heavy atom. The van der Waals surface area contributed by atoms with Crippen molar-refractivity contribution in [2.24, 2.45) is 0 Å². The number of β-amino-alcohol motifs (C(OH)–C–C–N with tert-alkyl or cyclic N) is 1. The fourth-order valence-electron chi connectivity index (χ4n) is 3.48. The Balaban J connectivity index is 1.82. The molecule has 0 aromatic heterocycles. The molecular formula is C20H25N3O7. The van der Waals surface area contributed by atoms with Crippen LogP contribution in [-0.2, 0) is 19.1 Å². The zero-order valence-electron chi connectivity index (χ0n) is 16.6. The van der Waals surface area contributed by atoms with Crippen molar-refractivity contribution in [2.45, 2.75) is 18.9 Å². The second kappa shape index (κ2) is 9.59. The van der Waals surface area contributed by atoms with E-state index in [9.17, 15) is 19.5 Å². The van der Waals surface area contributed by atoms with Gasteiger partial charge in [0.05, 0.1) is 37.5 Å². The molecule has 4 N–H and O–H groups in total. The summed E-state index contributed by atoms with van der Waals surface area (Å²) in [6.07, 6.45) is 1.96. The summed E-state index contributed by atoms with van der Waals surface area (Å²) in [5, 5.41) is 24.7. The van der Waals surface area contributed by atoms with E-state index >= 15 is 0 Å². The van der Waals surface area contributed by atoms with E-state index in [2.05, 4.69) is 10.6 Å². The molecule has 0 spiro atoms. The third-order valence-electron chi connectivity index (χ3n) is 5.02. The van der Waals surface area contributed by atoms with E-state index in [1.807, 2.05) is 0 Å². The van der Waals surface area contributed by atoms with Crippen molar-refractivity contribution in [2.75, 3.05) is 50.6 Å². The molecule has 3 rings (SSSR count). The molecule has 30 heavy (non-hydrogen) atoms. The summed E-state index contributed by atoms with van der Waals surface area (Å²) in [7, 11) is 1.21. The number of carbonyl (C=O) groups is 3. The van der Waals surface area contributed by atoms with Gasteiger partial charge in [-0.05, 0) is 31.0 Å². The molecule has 10 nitrogen and oxygen atoms in total. The Hall–Kier alpha value is -3.11. The maximum atomic E-state index is 12.6. The van der Waals surface area contributed by atoms with E-state index in [1.165, 1.54) is 18.1 Å². The first-order valence-electron chi connectivity index (χ1n) is 9.66. The van der Waals surface area contributed by atoms with Crippen LogP contribution >= 0.6 is 0 Å². The highest BCUT2D eigenvalue weighted by molar-refractivity contribution is 6.08. The van der Waals surface area contributed by atoms with Crippen LogP contribution in [0.15, 0.2) is 29.5 Å². The van der Waals surface area contributed by atoms with E-state index in [1.54, 1.807) is 12.1 Å². The number of carbonyl (C=O) groups excluding carboxylic acids is 2. The van der Waals surface area contributed by atoms with Crippen LogP contribution in [0.3, 0.4) is 0 Å². The summed E-state index contributed by atoms with van der Waals surface area (Å²) in [5.74, 6) is -2.27. The minimum atomic E-state index is -1.13. The number of carboxylic acids is 1. The molecular weight excluding hydrogens is 394 g/mol. The van der Waals surface area contributed by atoms with E-state index in [0.717, 1.165) is 12.8 Å². The van der Waals surface area contributed by atoms with Gasteiger partial charge in [-0.15, -0.1) is 0 Å². The lowest BCUT2D eigenvalue weighted by Crippen LogP contribution is -2.31. The normalized spacial score (nSPS) is 18.7. The van der Waals surface area contributed by atoms with Crippen molar-refractivity contribution in [3.05, 3.63) is 35.0 Å². The number of methoxy groups -OCH3 is 1. The standard InChI is InChI=1S/C20H25N3O7/c1-29-20(28)15-11-23(6-7-24)18(25)17(15)22-12-4-5-16(14(9-12)19(26)27)21-10-13-3-2-8-30-13/h4-5,9,13,21-22,24H,2-3,6-8,10-11H2,1H3,(H,26,27). The number of aliphatic hydroxyl groups is 1. The number of anilines is 2. The van der Waals surface area contributed by atoms with Crippen LogP contribution in [0, 0.1) is 0 Å². The first-order chi connectivity index (χ1) is 14.4. The molecule has 0 radical (unpaired) electrons. The Morgan fingerprint density at radius 2 is 2.17 bits per heavy atom. The summed E-state index contributed by atoms with van der Waals surface area (Å²) in [4.78, 5) is 37.7. The first kappa shape index (κ1) is 21.6. The smallest absolute Gasteiger partial charge is 0.337 e. The van der Waals surface area contributed by atoms with E-state index < -0.39 is 17.8 Å². The third kappa shape index (κ3) is 4.71. The Kier molecular flexibility index (Phi) is 6.91. The maximum absolute atomic E-state index is 12.6. The van der Waals surface area contributed by atoms with Gasteiger partial charge in [-0.25, -0.2) is 9.59 Å². The number of esters is 1. The van der Waals surface area contributed by atoms with Crippen molar-refractivity contribution in [1.82, 2.24) is 4.90 Å². The van der Waals surface area contributed by atoms with Crippen molar-refractivity contribution in [3.63, 3.8) is 0 Å². The van der Waals surface area contributed by atoms with Gasteiger partial charge in [-0.3, -0.25) is 4.79 Å². The average molecular weight is 419 g/mol. The van der Waals surface area contributed by atoms with Gasteiger partial charge < -0.3 is 35.2 Å². The molecule has 1 aromatic rings. The molecule has 1 aromatic carbocycles. The Morgan fingerprint density at radius 3 is 2.80 bits per heavy atom. The Labute approximate surface area is 173 Å². The van der Waals surface area contributed by atoms with Gasteiger partial charge in [0.25, 0.3) is 5.91 Å². The molecule has 10 heteroatoms. The number of aliphatic hydroxyl groups excluding tert-OH is 1. The van der Waals surface area contributed by atoms with Crippen LogP contribution in [0.2, 0.25) is 0 Å². The van der Waals surface area contributed by atoms with Crippen LogP contribution in [-0.4, -0.2) is 79.0 Å². The molecule has 0 bridgehead atoms. The maximum Gasteiger partial charge on any atom is 0.337 e. The van der Waals surface area contributed by atoms with Crippen molar-refractivity contribution < 1.29 is 34.1 Å². The number of amides is 1. The minimum absolute atomic E-state index is 0.00121. The summed E-state index contributed by atoms with van der Waals surface area (Å²) < 4.78 is 10.3. The quantitative estimate of drug-likeness (QED) is 0.425. The van der Waals surface area contributed by atoms with Gasteiger partial charge in [0.1, 0.15) is 5.70 Å². The zero-order chi connectivity index (χ0) is 21.7. The number of benzene rings is 1. The van der Waals surface area contributed by atoms with Gasteiger partial charge in [0.15, 0.2) is 0 Å². The SMILES string of the molecule is COC(=O)C1=C(Nc2ccc(NCC3CCCO3)c(C(=O)O)c2)C(=O)N(CCO)C1. The molecule has 2 aliphatic rings. The highest BCUT2D eigenvalue weighted by Crippen LogP contribution is 2.26. The van der Waals surface area contributed by atoms with Crippen LogP contribution in [0.25, 0.3) is 0 Å². The van der Waals surface area contributed by atoms with E-state index in [4.69, 9.17) is 14.6 Å². The predicted molar refractivity (Wildman–Crippen MR) is 107 cm³/mol. The van der Waals surface area contributed by atoms with Crippen LogP contribution in [0.1, 0.15) is 23.2 Å². The molecule has 0 saturated carbocycles. The second-order valence-corrected chi connectivity index (χ2v) is 7.00. The van der Waals surface area contributed by atoms with Gasteiger partial charge in [-0.1, -0.05) is 0 Å². The molecule has 1 amide bonds. The van der Waals surface area contributed by atoms with E-state index in [-0.39, 0.29) is 42.6 Å². The lowest BCUT2D eigenvalue weighted by atomic mass is 10.1. The number of hydrogen-bond donors (Lipinski definition) is 4. The lowest BCUT2D eigenvalue weighted by molar-refractivity contribution is -0.136. The topological polar surface area (TPSA) is 137 Å². The number of hydrogen-bond acceptors (Lipinski definition) is 8. The molecule has 2 heterocycles. The van der Waals surface area contributed by atoms with Gasteiger partial charge >= 0.3 is 11.9 Å². The van der Waals surface area contributed by atoms with Gasteiger partial charge in [0, 0.05) is 31.1 Å².